The van der Waals surface area contributed by atoms with E-state index in [-0.39, 0.29) is 11.9 Å². The van der Waals surface area contributed by atoms with Gasteiger partial charge < -0.3 is 0 Å². The number of hydrogen-bond acceptors (Lipinski definition) is 2. The molecule has 0 saturated heterocycles. The van der Waals surface area contributed by atoms with Crippen LogP contribution in [0.25, 0.3) is 10.8 Å². The third kappa shape index (κ3) is 2.71. The average molecular weight is 290 g/mol. The van der Waals surface area contributed by atoms with Crippen molar-refractivity contribution in [1.29, 1.82) is 0 Å². The van der Waals surface area contributed by atoms with Gasteiger partial charge in [0, 0.05) is 5.56 Å². The van der Waals surface area contributed by atoms with Gasteiger partial charge in [0.1, 0.15) is 0 Å². The van der Waals surface area contributed by atoms with Crippen molar-refractivity contribution in [2.24, 2.45) is 5.84 Å². The largest absolute Gasteiger partial charge is 0.269 e. The van der Waals surface area contributed by atoms with Gasteiger partial charge in [-0.1, -0.05) is 54.6 Å². The minimum Gasteiger partial charge on any atom is -0.269 e. The molecular weight excluding hydrogens is 272 g/mol. The summed E-state index contributed by atoms with van der Waals surface area (Å²) in [5.74, 6) is 5.87. The van der Waals surface area contributed by atoms with Gasteiger partial charge in [0.2, 0.25) is 0 Å². The van der Waals surface area contributed by atoms with E-state index in [1.54, 1.807) is 12.1 Å². The Hall–Kier alpha value is -2.65. The summed E-state index contributed by atoms with van der Waals surface area (Å²) in [6.07, 6.45) is 0. The van der Waals surface area contributed by atoms with Crippen molar-refractivity contribution in [3.05, 3.63) is 83.9 Å². The molecular formula is C19H18N2O. The maximum atomic E-state index is 12.4. The normalized spacial score (nSPS) is 12.1. The van der Waals surface area contributed by atoms with Crippen molar-refractivity contribution < 1.29 is 4.79 Å². The number of carbonyl (C=O) groups is 1. The summed E-state index contributed by atoms with van der Waals surface area (Å²) in [6, 6.07) is 23.2. The molecule has 0 heterocycles. The van der Waals surface area contributed by atoms with Crippen molar-refractivity contribution in [2.45, 2.75) is 13.0 Å². The highest BCUT2D eigenvalue weighted by atomic mass is 16.2. The van der Waals surface area contributed by atoms with Crippen molar-refractivity contribution in [3.8, 4) is 0 Å². The van der Waals surface area contributed by atoms with E-state index in [0.29, 0.717) is 5.56 Å². The van der Waals surface area contributed by atoms with Gasteiger partial charge in [-0.3, -0.25) is 9.80 Å². The van der Waals surface area contributed by atoms with Crippen molar-refractivity contribution in [1.82, 2.24) is 5.01 Å². The van der Waals surface area contributed by atoms with Crippen LogP contribution in [0.4, 0.5) is 0 Å². The number of rotatable bonds is 3. The maximum absolute atomic E-state index is 12.4. The third-order valence-corrected chi connectivity index (χ3v) is 3.93. The second kappa shape index (κ2) is 6.00. The molecule has 3 aromatic carbocycles. The first kappa shape index (κ1) is 14.3. The highest BCUT2D eigenvalue weighted by Crippen LogP contribution is 2.23. The van der Waals surface area contributed by atoms with Gasteiger partial charge in [0.05, 0.1) is 6.04 Å². The number of carbonyl (C=O) groups excluding carboxylic acids is 1. The smallest absolute Gasteiger partial charge is 0.268 e. The van der Waals surface area contributed by atoms with Gasteiger partial charge in [0.15, 0.2) is 0 Å². The van der Waals surface area contributed by atoms with Gasteiger partial charge >= 0.3 is 0 Å². The molecule has 1 atom stereocenters. The molecule has 0 aliphatic heterocycles. The highest BCUT2D eigenvalue weighted by Gasteiger charge is 2.19. The van der Waals surface area contributed by atoms with Gasteiger partial charge in [-0.2, -0.15) is 0 Å². The summed E-state index contributed by atoms with van der Waals surface area (Å²) in [6.45, 7) is 1.94. The van der Waals surface area contributed by atoms with E-state index in [0.717, 1.165) is 10.9 Å². The summed E-state index contributed by atoms with van der Waals surface area (Å²) in [5, 5.41) is 3.61. The van der Waals surface area contributed by atoms with Crippen LogP contribution in [0.15, 0.2) is 72.8 Å². The van der Waals surface area contributed by atoms with Gasteiger partial charge in [-0.25, -0.2) is 5.84 Å². The molecule has 3 heteroatoms. The van der Waals surface area contributed by atoms with E-state index < -0.39 is 0 Å². The molecule has 0 saturated carbocycles. The number of benzene rings is 3. The lowest BCUT2D eigenvalue weighted by molar-refractivity contribution is 0.0690. The first-order chi connectivity index (χ1) is 10.7. The van der Waals surface area contributed by atoms with E-state index in [2.05, 4.69) is 24.3 Å². The van der Waals surface area contributed by atoms with Crippen LogP contribution in [-0.4, -0.2) is 10.9 Å². The van der Waals surface area contributed by atoms with Crippen molar-refractivity contribution in [3.63, 3.8) is 0 Å². The molecule has 3 rings (SSSR count). The zero-order valence-corrected chi connectivity index (χ0v) is 12.4. The summed E-state index contributed by atoms with van der Waals surface area (Å²) in [7, 11) is 0. The molecule has 22 heavy (non-hydrogen) atoms. The average Bonchev–Trinajstić information content (AvgIpc) is 2.60. The molecule has 0 bridgehead atoms. The minimum atomic E-state index is -0.197. The lowest BCUT2D eigenvalue weighted by Crippen LogP contribution is -2.39. The monoisotopic (exact) mass is 290 g/mol. The molecule has 1 amide bonds. The lowest BCUT2D eigenvalue weighted by atomic mass is 10.0. The second-order valence-electron chi connectivity index (χ2n) is 5.36. The van der Waals surface area contributed by atoms with E-state index in [1.165, 1.54) is 10.4 Å². The number of nitrogens with two attached hydrogens (primary N) is 1. The molecule has 3 nitrogen and oxygen atoms in total. The van der Waals surface area contributed by atoms with E-state index in [1.807, 2.05) is 43.3 Å². The van der Waals surface area contributed by atoms with Crippen LogP contribution < -0.4 is 5.84 Å². The summed E-state index contributed by atoms with van der Waals surface area (Å²) < 4.78 is 0. The number of hydrogen-bond donors (Lipinski definition) is 1. The van der Waals surface area contributed by atoms with E-state index in [4.69, 9.17) is 5.84 Å². The fourth-order valence-corrected chi connectivity index (χ4v) is 2.53. The quantitative estimate of drug-likeness (QED) is 0.451. The highest BCUT2D eigenvalue weighted by molar-refractivity contribution is 5.94. The van der Waals surface area contributed by atoms with Crippen LogP contribution in [0.1, 0.15) is 28.9 Å². The van der Waals surface area contributed by atoms with Gasteiger partial charge in [-0.15, -0.1) is 0 Å². The molecule has 0 aliphatic rings. The van der Waals surface area contributed by atoms with Crippen LogP contribution in [0.2, 0.25) is 0 Å². The molecule has 0 spiro atoms. The first-order valence-electron chi connectivity index (χ1n) is 7.29. The molecule has 1 unspecified atom stereocenters. The van der Waals surface area contributed by atoms with Crippen molar-refractivity contribution >= 4 is 16.7 Å². The van der Waals surface area contributed by atoms with Crippen LogP contribution in [0.3, 0.4) is 0 Å². The second-order valence-corrected chi connectivity index (χ2v) is 5.36. The van der Waals surface area contributed by atoms with Crippen LogP contribution in [-0.2, 0) is 0 Å². The Morgan fingerprint density at radius 3 is 2.27 bits per heavy atom. The van der Waals surface area contributed by atoms with Gasteiger partial charge in [-0.05, 0) is 41.5 Å². The Kier molecular flexibility index (Phi) is 3.90. The Morgan fingerprint density at radius 2 is 1.55 bits per heavy atom. The summed E-state index contributed by atoms with van der Waals surface area (Å²) in [4.78, 5) is 12.4. The molecule has 0 aromatic heterocycles. The summed E-state index contributed by atoms with van der Waals surface area (Å²) >= 11 is 0. The molecule has 0 radical (unpaired) electrons. The zero-order chi connectivity index (χ0) is 15.5. The Balaban J connectivity index is 1.88. The SMILES string of the molecule is CC(c1ccc2ccccc2c1)N(N)C(=O)c1ccccc1. The zero-order valence-electron chi connectivity index (χ0n) is 12.4. The molecule has 0 fully saturated rings. The Bertz CT molecular complexity index is 799. The van der Waals surface area contributed by atoms with Crippen LogP contribution in [0, 0.1) is 0 Å². The van der Waals surface area contributed by atoms with Gasteiger partial charge in [0.25, 0.3) is 5.91 Å². The standard InChI is InChI=1S/C19H18N2O/c1-14(21(20)19(22)16-8-3-2-4-9-16)17-12-11-15-7-5-6-10-18(15)13-17/h2-14H,20H2,1H3. The van der Waals surface area contributed by atoms with E-state index >= 15 is 0 Å². The fourth-order valence-electron chi connectivity index (χ4n) is 2.53. The molecule has 110 valence electrons. The third-order valence-electron chi connectivity index (χ3n) is 3.93. The summed E-state index contributed by atoms with van der Waals surface area (Å²) in [5.41, 5.74) is 1.61. The number of nitrogens with zero attached hydrogens (tertiary/aromatic N) is 1. The molecule has 0 aliphatic carbocycles. The predicted molar refractivity (Wildman–Crippen MR) is 89.2 cm³/mol. The van der Waals surface area contributed by atoms with Crippen molar-refractivity contribution in [2.75, 3.05) is 0 Å². The van der Waals surface area contributed by atoms with Crippen LogP contribution >= 0.6 is 0 Å². The number of hydrazine groups is 1. The Morgan fingerprint density at radius 1 is 0.909 bits per heavy atom. The van der Waals surface area contributed by atoms with E-state index in [9.17, 15) is 4.79 Å². The number of amides is 1. The molecule has 3 aromatic rings. The maximum Gasteiger partial charge on any atom is 0.268 e. The molecule has 2 N–H and O–H groups in total. The predicted octanol–water partition coefficient (Wildman–Crippen LogP) is 3.92. The van der Waals surface area contributed by atoms with Crippen LogP contribution in [0.5, 0.6) is 0 Å². The fraction of sp³-hybridized carbons (Fsp3) is 0.105. The topological polar surface area (TPSA) is 46.3 Å². The minimum absolute atomic E-state index is 0.179. The number of fused-ring (bicyclic) bond motifs is 1. The first-order valence-corrected chi connectivity index (χ1v) is 7.29. The lowest BCUT2D eigenvalue weighted by Gasteiger charge is -2.25. The Labute approximate surface area is 129 Å².